The molecule has 0 radical (unpaired) electrons. The molecule has 3 atom stereocenters. The SMILES string of the molecule is CC(=O)O[C@H]1CC[C@H](N(C)C(=O)OCC(Cl)(Cl)Cl)[C@@H](C)O1. The summed E-state index contributed by atoms with van der Waals surface area (Å²) in [5.74, 6) is -0.402. The van der Waals surface area contributed by atoms with E-state index in [1.165, 1.54) is 11.8 Å². The quantitative estimate of drug-likeness (QED) is 0.570. The monoisotopic (exact) mass is 361 g/mol. The van der Waals surface area contributed by atoms with Gasteiger partial charge in [-0.1, -0.05) is 34.8 Å². The Labute approximate surface area is 138 Å². The number of rotatable bonds is 3. The van der Waals surface area contributed by atoms with Gasteiger partial charge in [0.1, 0.15) is 6.61 Å². The van der Waals surface area contributed by atoms with Gasteiger partial charge in [-0.15, -0.1) is 0 Å². The van der Waals surface area contributed by atoms with E-state index in [0.717, 1.165) is 0 Å². The minimum absolute atomic E-state index is 0.209. The van der Waals surface area contributed by atoms with Crippen LogP contribution in [0.4, 0.5) is 4.79 Å². The van der Waals surface area contributed by atoms with Crippen molar-refractivity contribution in [3.8, 4) is 0 Å². The normalized spacial score (nSPS) is 26.1. The first-order valence-corrected chi connectivity index (χ1v) is 7.52. The fraction of sp³-hybridized carbons (Fsp3) is 0.833. The highest BCUT2D eigenvalue weighted by molar-refractivity contribution is 6.67. The lowest BCUT2D eigenvalue weighted by Crippen LogP contribution is -2.50. The third-order valence-corrected chi connectivity index (χ3v) is 3.38. The molecule has 122 valence electrons. The lowest BCUT2D eigenvalue weighted by atomic mass is 10.0. The first-order valence-electron chi connectivity index (χ1n) is 6.39. The zero-order valence-electron chi connectivity index (χ0n) is 12.0. The highest BCUT2D eigenvalue weighted by atomic mass is 35.6. The van der Waals surface area contributed by atoms with Crippen LogP contribution in [0.2, 0.25) is 0 Å². The molecule has 1 fully saturated rings. The van der Waals surface area contributed by atoms with Crippen molar-refractivity contribution in [1.29, 1.82) is 0 Å². The number of carbonyl (C=O) groups excluding carboxylic acids is 2. The summed E-state index contributed by atoms with van der Waals surface area (Å²) in [6, 6.07) is -0.209. The molecular formula is C12H18Cl3NO5. The molecule has 0 aliphatic carbocycles. The molecule has 1 saturated heterocycles. The van der Waals surface area contributed by atoms with Gasteiger partial charge < -0.3 is 19.1 Å². The summed E-state index contributed by atoms with van der Waals surface area (Å²) in [6.45, 7) is 2.78. The number of halogens is 3. The predicted octanol–water partition coefficient (Wildman–Crippen LogP) is 2.88. The van der Waals surface area contributed by atoms with E-state index < -0.39 is 22.1 Å². The molecule has 0 spiro atoms. The summed E-state index contributed by atoms with van der Waals surface area (Å²) in [5, 5.41) is 0. The van der Waals surface area contributed by atoms with Crippen molar-refractivity contribution in [2.24, 2.45) is 0 Å². The Kier molecular flexibility index (Phi) is 6.84. The molecule has 1 aliphatic rings. The van der Waals surface area contributed by atoms with Crippen LogP contribution in [-0.2, 0) is 19.0 Å². The third kappa shape index (κ3) is 6.46. The summed E-state index contributed by atoms with van der Waals surface area (Å²) >= 11 is 16.6. The Balaban J connectivity index is 2.50. The highest BCUT2D eigenvalue weighted by Gasteiger charge is 2.35. The van der Waals surface area contributed by atoms with Crippen LogP contribution in [0, 0.1) is 0 Å². The highest BCUT2D eigenvalue weighted by Crippen LogP contribution is 2.27. The van der Waals surface area contributed by atoms with Crippen molar-refractivity contribution in [1.82, 2.24) is 4.90 Å². The van der Waals surface area contributed by atoms with E-state index >= 15 is 0 Å². The molecule has 0 saturated carbocycles. The molecule has 0 N–H and O–H groups in total. The summed E-state index contributed by atoms with van der Waals surface area (Å²) in [4.78, 5) is 24.2. The molecule has 9 heteroatoms. The fourth-order valence-corrected chi connectivity index (χ4v) is 2.26. The molecule has 1 rings (SSSR count). The van der Waals surface area contributed by atoms with Crippen molar-refractivity contribution in [3.63, 3.8) is 0 Å². The van der Waals surface area contributed by atoms with Crippen LogP contribution in [0.25, 0.3) is 0 Å². The van der Waals surface area contributed by atoms with Gasteiger partial charge in [0.2, 0.25) is 10.1 Å². The lowest BCUT2D eigenvalue weighted by molar-refractivity contribution is -0.207. The summed E-state index contributed by atoms with van der Waals surface area (Å²) in [6.07, 6.45) is -0.393. The number of alkyl halides is 3. The van der Waals surface area contributed by atoms with Gasteiger partial charge in [0.25, 0.3) is 0 Å². The Hall–Kier alpha value is -0.430. The maximum absolute atomic E-state index is 11.9. The largest absolute Gasteiger partial charge is 0.445 e. The van der Waals surface area contributed by atoms with Gasteiger partial charge >= 0.3 is 12.1 Å². The number of esters is 1. The molecule has 0 aromatic carbocycles. The minimum Gasteiger partial charge on any atom is -0.445 e. The van der Waals surface area contributed by atoms with E-state index in [-0.39, 0.29) is 18.8 Å². The van der Waals surface area contributed by atoms with Crippen LogP contribution < -0.4 is 0 Å². The number of amides is 1. The van der Waals surface area contributed by atoms with Gasteiger partial charge in [0.15, 0.2) is 0 Å². The molecule has 1 heterocycles. The average molecular weight is 363 g/mol. The van der Waals surface area contributed by atoms with Crippen LogP contribution in [0.5, 0.6) is 0 Å². The Morgan fingerprint density at radius 1 is 1.33 bits per heavy atom. The number of likely N-dealkylation sites (N-methyl/N-ethyl adjacent to an activating group) is 1. The van der Waals surface area contributed by atoms with Crippen molar-refractivity contribution < 1.29 is 23.8 Å². The van der Waals surface area contributed by atoms with Crippen LogP contribution in [0.1, 0.15) is 26.7 Å². The molecule has 0 aromatic heterocycles. The fourth-order valence-electron chi connectivity index (χ4n) is 2.10. The molecule has 0 bridgehead atoms. The van der Waals surface area contributed by atoms with Crippen LogP contribution in [0.3, 0.4) is 0 Å². The van der Waals surface area contributed by atoms with E-state index in [2.05, 4.69) is 0 Å². The number of carbonyl (C=O) groups is 2. The second-order valence-corrected chi connectivity index (χ2v) is 7.32. The van der Waals surface area contributed by atoms with Crippen LogP contribution in [-0.4, -0.2) is 52.8 Å². The molecule has 1 aliphatic heterocycles. The first kappa shape index (κ1) is 18.6. The average Bonchev–Trinajstić information content (AvgIpc) is 2.33. The van der Waals surface area contributed by atoms with Crippen molar-refractivity contribution >= 4 is 46.9 Å². The number of ether oxygens (including phenoxy) is 3. The second kappa shape index (κ2) is 7.72. The van der Waals surface area contributed by atoms with Gasteiger partial charge in [-0.25, -0.2) is 4.79 Å². The summed E-state index contributed by atoms with van der Waals surface area (Å²) in [7, 11) is 1.58. The molecule has 0 aromatic rings. The first-order chi connectivity index (χ1) is 9.60. The topological polar surface area (TPSA) is 65.1 Å². The van der Waals surface area contributed by atoms with E-state index in [4.69, 9.17) is 49.0 Å². The molecular weight excluding hydrogens is 344 g/mol. The molecule has 1 amide bonds. The van der Waals surface area contributed by atoms with Gasteiger partial charge in [0.05, 0.1) is 12.1 Å². The Morgan fingerprint density at radius 3 is 2.43 bits per heavy atom. The standard InChI is InChI=1S/C12H18Cl3NO5/c1-7-9(4-5-10(20-7)21-8(2)17)16(3)11(18)19-6-12(13,14)15/h7,9-10H,4-6H2,1-3H3/t7-,9+,10+/m1/s1. The van der Waals surface area contributed by atoms with E-state index in [1.807, 2.05) is 0 Å². The van der Waals surface area contributed by atoms with Crippen molar-refractivity contribution in [3.05, 3.63) is 0 Å². The zero-order valence-corrected chi connectivity index (χ0v) is 14.2. The Morgan fingerprint density at radius 2 is 1.95 bits per heavy atom. The van der Waals surface area contributed by atoms with Gasteiger partial charge in [-0.05, 0) is 13.3 Å². The lowest BCUT2D eigenvalue weighted by Gasteiger charge is -2.38. The maximum Gasteiger partial charge on any atom is 0.409 e. The molecule has 0 unspecified atom stereocenters. The van der Waals surface area contributed by atoms with E-state index in [0.29, 0.717) is 12.8 Å². The zero-order chi connectivity index (χ0) is 16.2. The van der Waals surface area contributed by atoms with Crippen LogP contribution >= 0.6 is 34.8 Å². The molecule has 6 nitrogen and oxygen atoms in total. The van der Waals surface area contributed by atoms with E-state index in [1.54, 1.807) is 14.0 Å². The van der Waals surface area contributed by atoms with Gasteiger partial charge in [0, 0.05) is 20.4 Å². The van der Waals surface area contributed by atoms with Gasteiger partial charge in [-0.2, -0.15) is 0 Å². The Bertz CT molecular complexity index is 388. The smallest absolute Gasteiger partial charge is 0.409 e. The van der Waals surface area contributed by atoms with Crippen LogP contribution in [0.15, 0.2) is 0 Å². The second-order valence-electron chi connectivity index (χ2n) is 4.81. The van der Waals surface area contributed by atoms with Crippen molar-refractivity contribution in [2.75, 3.05) is 13.7 Å². The predicted molar refractivity (Wildman–Crippen MR) is 78.5 cm³/mol. The summed E-state index contributed by atoms with van der Waals surface area (Å²) in [5.41, 5.74) is 0. The molecule has 21 heavy (non-hydrogen) atoms. The number of nitrogens with zero attached hydrogens (tertiary/aromatic N) is 1. The van der Waals surface area contributed by atoms with Gasteiger partial charge in [-0.3, -0.25) is 4.79 Å². The van der Waals surface area contributed by atoms with Crippen molar-refractivity contribution in [2.45, 2.75) is 48.9 Å². The summed E-state index contributed by atoms with van der Waals surface area (Å²) < 4.78 is 13.8. The van der Waals surface area contributed by atoms with E-state index in [9.17, 15) is 9.59 Å². The maximum atomic E-state index is 11.9. The number of hydrogen-bond acceptors (Lipinski definition) is 5. The number of hydrogen-bond donors (Lipinski definition) is 0. The third-order valence-electron chi connectivity index (χ3n) is 3.05. The minimum atomic E-state index is -1.65.